The summed E-state index contributed by atoms with van der Waals surface area (Å²) < 4.78 is 27.1. The summed E-state index contributed by atoms with van der Waals surface area (Å²) in [6.45, 7) is 6.25. The van der Waals surface area contributed by atoms with Gasteiger partial charge in [0.2, 0.25) is 10.0 Å². The fourth-order valence-electron chi connectivity index (χ4n) is 1.68. The Morgan fingerprint density at radius 1 is 1.57 bits per heavy atom. The van der Waals surface area contributed by atoms with Crippen molar-refractivity contribution in [2.24, 2.45) is 5.14 Å². The largest absolute Gasteiger partial charge is 0.374 e. The van der Waals surface area contributed by atoms with Crippen LogP contribution in [0.3, 0.4) is 0 Å². The van der Waals surface area contributed by atoms with Crippen LogP contribution in [-0.2, 0) is 14.8 Å². The van der Waals surface area contributed by atoms with Gasteiger partial charge in [-0.3, -0.25) is 4.90 Å². The number of ether oxygens (including phenoxy) is 1. The number of primary sulfonamides is 1. The Hall–Kier alpha value is -0.170. The third-order valence-corrected chi connectivity index (χ3v) is 3.30. The van der Waals surface area contributed by atoms with Crippen LogP contribution in [0.25, 0.3) is 0 Å². The van der Waals surface area contributed by atoms with Crippen LogP contribution in [-0.4, -0.2) is 50.9 Å². The van der Waals surface area contributed by atoms with Gasteiger partial charge in [0.1, 0.15) is 0 Å². The van der Waals surface area contributed by atoms with E-state index in [1.54, 1.807) is 0 Å². The van der Waals surface area contributed by atoms with E-state index in [2.05, 4.69) is 18.7 Å². The van der Waals surface area contributed by atoms with Crippen molar-refractivity contribution in [2.45, 2.75) is 26.0 Å². The van der Waals surface area contributed by atoms with Crippen molar-refractivity contribution in [3.8, 4) is 0 Å². The fourth-order valence-corrected chi connectivity index (χ4v) is 2.40. The monoisotopic (exact) mass is 222 g/mol. The molecule has 0 aromatic heterocycles. The van der Waals surface area contributed by atoms with Gasteiger partial charge < -0.3 is 4.74 Å². The molecule has 0 bridgehead atoms. The van der Waals surface area contributed by atoms with Crippen molar-refractivity contribution in [3.63, 3.8) is 0 Å². The summed E-state index contributed by atoms with van der Waals surface area (Å²) >= 11 is 0. The summed E-state index contributed by atoms with van der Waals surface area (Å²) in [7, 11) is -3.42. The van der Waals surface area contributed by atoms with Crippen molar-refractivity contribution in [2.75, 3.05) is 25.4 Å². The highest BCUT2D eigenvalue weighted by atomic mass is 32.2. The zero-order chi connectivity index (χ0) is 10.8. The Balaban J connectivity index is 2.51. The third-order valence-electron chi connectivity index (χ3n) is 2.46. The van der Waals surface area contributed by atoms with Gasteiger partial charge in [-0.15, -0.1) is 0 Å². The molecule has 6 heteroatoms. The van der Waals surface area contributed by atoms with Crippen LogP contribution in [0.1, 0.15) is 13.8 Å². The number of hydrogen-bond donors (Lipinski definition) is 1. The van der Waals surface area contributed by atoms with Gasteiger partial charge in [0, 0.05) is 12.6 Å². The van der Waals surface area contributed by atoms with Gasteiger partial charge in [0.05, 0.1) is 18.5 Å². The normalized spacial score (nSPS) is 30.5. The number of nitrogens with two attached hydrogens (primary N) is 1. The summed E-state index contributed by atoms with van der Waals surface area (Å²) in [5, 5.41) is 4.96. The lowest BCUT2D eigenvalue weighted by atomic mass is 10.2. The second kappa shape index (κ2) is 4.57. The number of likely N-dealkylation sites (N-methyl/N-ethyl adjacent to an activating group) is 1. The summed E-state index contributed by atoms with van der Waals surface area (Å²) in [5.74, 6) is -0.0871. The van der Waals surface area contributed by atoms with Gasteiger partial charge >= 0.3 is 0 Å². The molecule has 2 N–H and O–H groups in total. The predicted octanol–water partition coefficient (Wildman–Crippen LogP) is -0.616. The minimum atomic E-state index is -3.42. The molecule has 0 saturated carbocycles. The van der Waals surface area contributed by atoms with E-state index in [1.807, 2.05) is 0 Å². The molecule has 0 aromatic rings. The molecule has 84 valence electrons. The molecule has 0 aliphatic carbocycles. The SMILES string of the molecule is CCN1CC(CS(N)(=O)=O)OCC1C. The van der Waals surface area contributed by atoms with Crippen molar-refractivity contribution in [3.05, 3.63) is 0 Å². The zero-order valence-corrected chi connectivity index (χ0v) is 9.46. The molecule has 5 nitrogen and oxygen atoms in total. The lowest BCUT2D eigenvalue weighted by Gasteiger charge is -2.36. The summed E-state index contributed by atoms with van der Waals surface area (Å²) in [6, 6.07) is 0.358. The van der Waals surface area contributed by atoms with E-state index in [0.29, 0.717) is 19.2 Å². The molecule has 0 amide bonds. The van der Waals surface area contributed by atoms with Crippen molar-refractivity contribution in [1.82, 2.24) is 4.90 Å². The third kappa shape index (κ3) is 3.53. The molecule has 14 heavy (non-hydrogen) atoms. The number of hydrogen-bond acceptors (Lipinski definition) is 4. The topological polar surface area (TPSA) is 72.6 Å². The smallest absolute Gasteiger partial charge is 0.211 e. The first-order valence-electron chi connectivity index (χ1n) is 4.78. The van der Waals surface area contributed by atoms with Crippen LogP contribution in [0.2, 0.25) is 0 Å². The number of sulfonamides is 1. The Labute approximate surface area is 85.3 Å². The molecule has 1 heterocycles. The standard InChI is InChI=1S/C8H18N2O3S/c1-3-10-4-8(6-14(9,11)12)13-5-7(10)2/h7-8H,3-6H2,1-2H3,(H2,9,11,12). The molecule has 2 unspecified atom stereocenters. The van der Waals surface area contributed by atoms with Gasteiger partial charge in [0.15, 0.2) is 0 Å². The van der Waals surface area contributed by atoms with Crippen LogP contribution >= 0.6 is 0 Å². The first kappa shape index (κ1) is 11.9. The van der Waals surface area contributed by atoms with Gasteiger partial charge in [-0.1, -0.05) is 6.92 Å². The van der Waals surface area contributed by atoms with E-state index in [-0.39, 0.29) is 11.9 Å². The average Bonchev–Trinajstić information content (AvgIpc) is 2.06. The molecule has 1 aliphatic heterocycles. The van der Waals surface area contributed by atoms with Crippen LogP contribution in [0, 0.1) is 0 Å². The Morgan fingerprint density at radius 2 is 2.21 bits per heavy atom. The molecular weight excluding hydrogens is 204 g/mol. The first-order chi connectivity index (χ1) is 6.42. The van der Waals surface area contributed by atoms with E-state index in [1.165, 1.54) is 0 Å². The quantitative estimate of drug-likeness (QED) is 0.691. The molecule has 0 radical (unpaired) electrons. The van der Waals surface area contributed by atoms with E-state index in [4.69, 9.17) is 9.88 Å². The Morgan fingerprint density at radius 3 is 2.71 bits per heavy atom. The predicted molar refractivity (Wildman–Crippen MR) is 54.4 cm³/mol. The zero-order valence-electron chi connectivity index (χ0n) is 8.64. The Bertz CT molecular complexity index is 278. The van der Waals surface area contributed by atoms with Crippen LogP contribution in [0.4, 0.5) is 0 Å². The van der Waals surface area contributed by atoms with E-state index >= 15 is 0 Å². The fraction of sp³-hybridized carbons (Fsp3) is 1.00. The van der Waals surface area contributed by atoms with Crippen LogP contribution in [0.15, 0.2) is 0 Å². The molecule has 1 fully saturated rings. The van der Waals surface area contributed by atoms with E-state index in [9.17, 15) is 8.42 Å². The van der Waals surface area contributed by atoms with Crippen LogP contribution in [0.5, 0.6) is 0 Å². The van der Waals surface area contributed by atoms with Crippen LogP contribution < -0.4 is 5.14 Å². The highest BCUT2D eigenvalue weighted by molar-refractivity contribution is 7.89. The maximum Gasteiger partial charge on any atom is 0.211 e. The molecule has 1 saturated heterocycles. The number of morpholine rings is 1. The maximum atomic E-state index is 10.9. The lowest BCUT2D eigenvalue weighted by molar-refractivity contribution is -0.0456. The summed E-state index contributed by atoms with van der Waals surface area (Å²) in [4.78, 5) is 2.19. The molecular formula is C8H18N2O3S. The molecule has 0 aromatic carbocycles. The summed E-state index contributed by atoms with van der Waals surface area (Å²) in [5.41, 5.74) is 0. The highest BCUT2D eigenvalue weighted by Crippen LogP contribution is 2.11. The van der Waals surface area contributed by atoms with Gasteiger partial charge in [0.25, 0.3) is 0 Å². The van der Waals surface area contributed by atoms with Gasteiger partial charge in [-0.05, 0) is 13.5 Å². The number of rotatable bonds is 3. The maximum absolute atomic E-state index is 10.9. The van der Waals surface area contributed by atoms with Crippen molar-refractivity contribution < 1.29 is 13.2 Å². The molecule has 2 atom stereocenters. The van der Waals surface area contributed by atoms with E-state index in [0.717, 1.165) is 6.54 Å². The second-order valence-corrected chi connectivity index (χ2v) is 5.38. The minimum absolute atomic E-state index is 0.0871. The lowest BCUT2D eigenvalue weighted by Crippen LogP contribution is -2.50. The average molecular weight is 222 g/mol. The van der Waals surface area contributed by atoms with E-state index < -0.39 is 10.0 Å². The highest BCUT2D eigenvalue weighted by Gasteiger charge is 2.27. The first-order valence-corrected chi connectivity index (χ1v) is 6.50. The van der Waals surface area contributed by atoms with Gasteiger partial charge in [-0.25, -0.2) is 13.6 Å². The second-order valence-electron chi connectivity index (χ2n) is 3.72. The summed E-state index contributed by atoms with van der Waals surface area (Å²) in [6.07, 6.45) is -0.277. The molecule has 0 spiro atoms. The van der Waals surface area contributed by atoms with Crippen molar-refractivity contribution in [1.29, 1.82) is 0 Å². The van der Waals surface area contributed by atoms with Crippen molar-refractivity contribution >= 4 is 10.0 Å². The Kier molecular flexibility index (Phi) is 3.88. The molecule has 1 aliphatic rings. The number of nitrogens with zero attached hydrogens (tertiary/aromatic N) is 1. The minimum Gasteiger partial charge on any atom is -0.374 e. The van der Waals surface area contributed by atoms with Gasteiger partial charge in [-0.2, -0.15) is 0 Å². The molecule has 1 rings (SSSR count).